The number of fused-ring (bicyclic) bond motifs is 3. The molecule has 1 saturated carbocycles. The van der Waals surface area contributed by atoms with Crippen molar-refractivity contribution in [3.05, 3.63) is 224 Å². The minimum absolute atomic E-state index is 0.00962. The van der Waals surface area contributed by atoms with Crippen LogP contribution in [-0.4, -0.2) is 124 Å². The molecule has 748 valence electrons. The highest BCUT2D eigenvalue weighted by Crippen LogP contribution is 2.44. The third-order valence-corrected chi connectivity index (χ3v) is 25.4. The Balaban J connectivity index is 0.000000152. The summed E-state index contributed by atoms with van der Waals surface area (Å²) >= 11 is 56.2. The third-order valence-electron chi connectivity index (χ3n) is 21.9. The lowest BCUT2D eigenvalue weighted by atomic mass is 9.92. The number of aryl methyl sites for hydroxylation is 1. The maximum absolute atomic E-state index is 14.5. The third kappa shape index (κ3) is 25.6. The van der Waals surface area contributed by atoms with Gasteiger partial charge in [-0.25, -0.2) is 47.5 Å². The van der Waals surface area contributed by atoms with E-state index in [4.69, 9.17) is 166 Å². The second kappa shape index (κ2) is 46.5. The average molecular weight is 2150 g/mol. The van der Waals surface area contributed by atoms with E-state index in [0.717, 1.165) is 97.8 Å². The number of hydrogen-bond acceptors (Lipinski definition) is 24. The molecule has 0 unspecified atom stereocenters. The molecule has 6 aromatic carbocycles. The van der Waals surface area contributed by atoms with Gasteiger partial charge in [-0.2, -0.15) is 18.4 Å². The fourth-order valence-corrected chi connectivity index (χ4v) is 18.0. The Kier molecular flexibility index (Phi) is 35.6. The maximum atomic E-state index is 14.5. The van der Waals surface area contributed by atoms with Crippen LogP contribution in [0.1, 0.15) is 183 Å². The summed E-state index contributed by atoms with van der Waals surface area (Å²) in [7, 11) is 0. The first-order valence-corrected chi connectivity index (χ1v) is 48.6. The van der Waals surface area contributed by atoms with E-state index in [1.54, 1.807) is 55.7 Å². The number of carbonyl (C=O) groups is 6. The zero-order valence-electron chi connectivity index (χ0n) is 79.1. The average Bonchev–Trinajstić information content (AvgIpc) is 1.59. The minimum atomic E-state index is -0.941. The van der Waals surface area contributed by atoms with Gasteiger partial charge >= 0.3 is 35.2 Å². The van der Waals surface area contributed by atoms with Crippen LogP contribution in [0.2, 0.25) is 40.2 Å². The van der Waals surface area contributed by atoms with Gasteiger partial charge in [0.2, 0.25) is 16.6 Å². The molecule has 2 fully saturated rings. The van der Waals surface area contributed by atoms with Crippen molar-refractivity contribution in [3.63, 3.8) is 0 Å². The number of amides is 5. The summed E-state index contributed by atoms with van der Waals surface area (Å²) in [5.41, 5.74) is 3.14. The van der Waals surface area contributed by atoms with E-state index >= 15 is 0 Å². The Bertz CT molecular complexity index is 7090. The van der Waals surface area contributed by atoms with E-state index in [1.165, 1.54) is 74.6 Å². The molecule has 2 aliphatic carbocycles. The summed E-state index contributed by atoms with van der Waals surface area (Å²) in [5.74, 6) is 6.34. The van der Waals surface area contributed by atoms with Crippen molar-refractivity contribution in [1.29, 1.82) is 0 Å². The van der Waals surface area contributed by atoms with Crippen LogP contribution in [0.4, 0.5) is 36.3 Å². The van der Waals surface area contributed by atoms with Gasteiger partial charge in [-0.3, -0.25) is 28.6 Å². The number of allylic oxidation sites excluding steroid dienone is 1. The molecule has 17 rings (SSSR count). The van der Waals surface area contributed by atoms with Crippen molar-refractivity contribution in [1.82, 2.24) is 42.8 Å². The molecular weight excluding hydrogens is 2050 g/mol. The quantitative estimate of drug-likeness (QED) is 0.0333. The van der Waals surface area contributed by atoms with E-state index in [1.807, 2.05) is 60.0 Å². The van der Waals surface area contributed by atoms with E-state index < -0.39 is 46.5 Å². The minimum Gasteiger partial charge on any atom is -0.489 e. The summed E-state index contributed by atoms with van der Waals surface area (Å²) in [5, 5.41) is 14.9. The number of hydrogen-bond donors (Lipinski definition) is 0. The zero-order valence-corrected chi connectivity index (χ0v) is 86.8. The Morgan fingerprint density at radius 1 is 0.613 bits per heavy atom. The van der Waals surface area contributed by atoms with Gasteiger partial charge in [0, 0.05) is 94.8 Å². The number of halogens is 11. The van der Waals surface area contributed by atoms with Crippen molar-refractivity contribution in [2.45, 2.75) is 203 Å². The Morgan fingerprint density at radius 3 is 1.68 bits per heavy atom. The highest BCUT2D eigenvalue weighted by atomic mass is 35.5. The molecule has 43 heteroatoms. The van der Waals surface area contributed by atoms with Gasteiger partial charge in [-0.1, -0.05) is 178 Å². The summed E-state index contributed by atoms with van der Waals surface area (Å²) in [4.78, 5) is 118. The van der Waals surface area contributed by atoms with Gasteiger partial charge < -0.3 is 46.6 Å². The molecule has 9 heterocycles. The molecular formula is C99H96Cl9F2N13O18S. The molecule has 5 aliphatic heterocycles. The molecule has 7 aliphatic rings. The monoisotopic (exact) mass is 2140 g/mol. The summed E-state index contributed by atoms with van der Waals surface area (Å²) in [6, 6.07) is 19.0. The Morgan fingerprint density at radius 2 is 1.15 bits per heavy atom. The van der Waals surface area contributed by atoms with Crippen molar-refractivity contribution in [2.75, 3.05) is 47.7 Å². The maximum Gasteiger partial charge on any atom is 0.442 e. The van der Waals surface area contributed by atoms with Crippen LogP contribution >= 0.6 is 116 Å². The molecule has 1 saturated heterocycles. The second-order valence-electron chi connectivity index (χ2n) is 36.0. The number of esters is 1. The smallest absolute Gasteiger partial charge is 0.442 e. The Hall–Kier alpha value is -12.1. The SMILES string of the molecule is C#CCN1C(=O)COc2cc(F)c(N=c3snc4n3CC(C)(C)C4)cc21.C#CCOc1cc(-n2nc(C(C)(C)C)oc2=O)c(Cl)cc1Cl.C#CCOc1cc(-n2nc3n(c2=O)CCCC3)c(Cl)cc1Cl.CC(C)=C1OC(=O)N(c2cc(OC3CCCC3)c(Cl)cc2F)C1=O.CC(C)Oc1cc(-n2nc(C(C)(C)C)oc2=O)c(Cl)cc1Cl.CCOC(=O)/C(Cl)=C\c1cc(N2C(=O)C3=C(CCCC3)C2=O)ccc1Cl. The molecule has 0 N–H and O–H groups in total. The fourth-order valence-electron chi connectivity index (χ4n) is 15.1. The van der Waals surface area contributed by atoms with Crippen molar-refractivity contribution in [3.8, 4) is 82.8 Å². The molecule has 10 aromatic rings. The molecule has 0 spiro atoms. The number of benzene rings is 6. The van der Waals surface area contributed by atoms with Gasteiger partial charge in [-0.05, 0) is 170 Å². The normalized spacial score (nSPS) is 15.4. The lowest BCUT2D eigenvalue weighted by Crippen LogP contribution is -2.39. The lowest BCUT2D eigenvalue weighted by molar-refractivity contribution is -0.137. The van der Waals surface area contributed by atoms with E-state index in [9.17, 15) is 51.9 Å². The van der Waals surface area contributed by atoms with Crippen LogP contribution in [0.3, 0.4) is 0 Å². The number of aromatic nitrogens is 9. The van der Waals surface area contributed by atoms with Crippen LogP contribution in [0, 0.1) is 54.1 Å². The molecule has 142 heavy (non-hydrogen) atoms. The molecule has 31 nitrogen and oxygen atoms in total. The number of rotatable bonds is 18. The Labute approximate surface area is 864 Å². The topological polar surface area (TPSA) is 343 Å². The number of ether oxygens (including phenoxy) is 7. The molecule has 0 atom stereocenters. The number of terminal acetylenes is 3. The van der Waals surface area contributed by atoms with Crippen molar-refractivity contribution < 1.29 is 79.5 Å². The first-order valence-electron chi connectivity index (χ1n) is 44.5. The first-order chi connectivity index (χ1) is 67.1. The van der Waals surface area contributed by atoms with Crippen molar-refractivity contribution in [2.24, 2.45) is 10.4 Å². The number of carbonyl (C=O) groups excluding carboxylic acids is 6. The molecule has 4 aromatic heterocycles. The van der Waals surface area contributed by atoms with Gasteiger partial charge in [0.25, 0.3) is 17.7 Å². The molecule has 0 bridgehead atoms. The molecule has 0 radical (unpaired) electrons. The van der Waals surface area contributed by atoms with Gasteiger partial charge in [0.05, 0.1) is 94.6 Å². The van der Waals surface area contributed by atoms with Gasteiger partial charge in [0.1, 0.15) is 70.1 Å². The largest absolute Gasteiger partial charge is 0.489 e. The number of anilines is 3. The van der Waals surface area contributed by atoms with Crippen LogP contribution in [-0.2, 0) is 70.2 Å². The van der Waals surface area contributed by atoms with Crippen LogP contribution in [0.15, 0.2) is 135 Å². The predicted molar refractivity (Wildman–Crippen MR) is 539 cm³/mol. The van der Waals surface area contributed by atoms with Crippen LogP contribution in [0.25, 0.3) is 23.1 Å². The number of cyclic esters (lactones) is 1. The van der Waals surface area contributed by atoms with Crippen LogP contribution < -0.4 is 60.4 Å². The first kappa shape index (κ1) is 109. The molecule has 5 amide bonds. The van der Waals surface area contributed by atoms with Crippen LogP contribution in [0.5, 0.6) is 28.7 Å². The number of imide groups is 2. The highest BCUT2D eigenvalue weighted by Gasteiger charge is 2.43. The van der Waals surface area contributed by atoms with Gasteiger partial charge in [0.15, 0.2) is 18.2 Å². The fraction of sp³-hybridized carbons (Fsp3) is 0.374. The zero-order chi connectivity index (χ0) is 104. The summed E-state index contributed by atoms with van der Waals surface area (Å²) in [6.07, 6.45) is 26.7. The number of nitrogens with zero attached hydrogens (tertiary/aromatic N) is 13. The van der Waals surface area contributed by atoms with Gasteiger partial charge in [-0.15, -0.1) is 34.6 Å². The highest BCUT2D eigenvalue weighted by molar-refractivity contribution is 7.02. The van der Waals surface area contributed by atoms with Crippen molar-refractivity contribution >= 4 is 180 Å². The standard InChI is InChI=1S/C19H17Cl2NO4.C18H17FN4O2S.C17H17ClFNO4.C15H13Cl2N3O2.C15H18Cl2N2O3.C15H14Cl2N2O3/c1-2-26-19(25)16(21)10-11-9-12(7-8-15(11)20)22-17(23)13-5-3-4-6-14(13)18(22)24;1-4-5-22-13-7-12(11(19)6-14(13)25-9-16(22)24)20-17-23-10-18(2,3)8-15(23)21-26-17;1-9(2)15-16(21)20(17(22)24-15)13-8-14(11(18)7-12(13)19)23-10-5-3-4-6-10;1-2-7-22-13-9-12(10(16)8-11(13)17)20-15(21)19-6-4-3-5-14(19)18-20;1-8(2)21-12-7-11(9(16)6-10(12)17)19-14(20)22-13(18-19)15(3,4)5;1-5-6-21-12-8-11(9(16)7-10(12)17)19-14(20)22-13(18-19)15(2,3)4/h7-10H,2-6H2,1H3;1,6-7H,5,8-10H2,2-3H3;7-8,10H,3-6H2,1-2H3;1,8-9H,3-7H2;6-8H,1-5H3;1,7-8H,6H2,2-4H3/b16-10+;;;;;. The predicted octanol–water partition coefficient (Wildman–Crippen LogP) is 21.4. The second-order valence-corrected chi connectivity index (χ2v) is 40.4. The lowest BCUT2D eigenvalue weighted by Gasteiger charge is -2.28. The summed E-state index contributed by atoms with van der Waals surface area (Å²) in [6.45, 7) is 26.1. The van der Waals surface area contributed by atoms with E-state index in [0.29, 0.717) is 135 Å². The van der Waals surface area contributed by atoms with E-state index in [2.05, 4.69) is 56.3 Å². The van der Waals surface area contributed by atoms with E-state index in [-0.39, 0.29) is 127 Å². The summed E-state index contributed by atoms with van der Waals surface area (Å²) < 4.78 is 88.0.